The molecular formula is C30H41N3O2. The predicted octanol–water partition coefficient (Wildman–Crippen LogP) is 6.29. The molecule has 2 aliphatic heterocycles. The molecule has 0 aliphatic carbocycles. The smallest absolute Gasteiger partial charge is 0.256 e. The summed E-state index contributed by atoms with van der Waals surface area (Å²) in [5.41, 5.74) is 3.89. The third-order valence-corrected chi connectivity index (χ3v) is 7.48. The minimum absolute atomic E-state index is 0.0318. The van der Waals surface area contributed by atoms with E-state index < -0.39 is 0 Å². The van der Waals surface area contributed by atoms with Gasteiger partial charge >= 0.3 is 0 Å². The molecule has 0 radical (unpaired) electrons. The van der Waals surface area contributed by atoms with Gasteiger partial charge in [-0.1, -0.05) is 50.1 Å². The van der Waals surface area contributed by atoms with Crippen molar-refractivity contribution in [3.63, 3.8) is 0 Å². The van der Waals surface area contributed by atoms with Gasteiger partial charge in [-0.05, 0) is 74.6 Å². The lowest BCUT2D eigenvalue weighted by Gasteiger charge is -2.36. The second-order valence-electron chi connectivity index (χ2n) is 10.2. The fourth-order valence-electron chi connectivity index (χ4n) is 5.41. The fraction of sp³-hybridized carbons (Fsp3) is 0.533. The van der Waals surface area contributed by atoms with Crippen molar-refractivity contribution in [2.24, 2.45) is 5.92 Å². The second kappa shape index (κ2) is 12.8. The normalized spacial score (nSPS) is 16.8. The number of amides is 2. The SMILES string of the molecule is CCCCCC(=O)Nc1ccc(N2CCC(Cc3ccccc3)CC2)c(C(=O)N2CCCCC2)c1. The van der Waals surface area contributed by atoms with E-state index in [1.807, 2.05) is 17.0 Å². The Balaban J connectivity index is 1.47. The van der Waals surface area contributed by atoms with Gasteiger partial charge in [0.05, 0.1) is 5.56 Å². The van der Waals surface area contributed by atoms with Crippen LogP contribution in [0.5, 0.6) is 0 Å². The molecule has 0 saturated carbocycles. The van der Waals surface area contributed by atoms with Gasteiger partial charge in [0.25, 0.3) is 5.91 Å². The van der Waals surface area contributed by atoms with Crippen LogP contribution >= 0.6 is 0 Å². The van der Waals surface area contributed by atoms with Crippen molar-refractivity contribution < 1.29 is 9.59 Å². The van der Waals surface area contributed by atoms with Gasteiger partial charge in [-0.15, -0.1) is 0 Å². The van der Waals surface area contributed by atoms with E-state index in [-0.39, 0.29) is 11.8 Å². The second-order valence-corrected chi connectivity index (χ2v) is 10.2. The van der Waals surface area contributed by atoms with Gasteiger partial charge in [-0.2, -0.15) is 0 Å². The Morgan fingerprint density at radius 2 is 1.66 bits per heavy atom. The van der Waals surface area contributed by atoms with Crippen LogP contribution in [0.2, 0.25) is 0 Å². The Bertz CT molecular complexity index is 961. The average Bonchev–Trinajstić information content (AvgIpc) is 2.90. The van der Waals surface area contributed by atoms with Gasteiger partial charge in [0.1, 0.15) is 0 Å². The molecule has 0 unspecified atom stereocenters. The Morgan fingerprint density at radius 3 is 2.37 bits per heavy atom. The van der Waals surface area contributed by atoms with Crippen LogP contribution in [0.25, 0.3) is 0 Å². The van der Waals surface area contributed by atoms with Crippen molar-refractivity contribution in [2.45, 2.75) is 71.1 Å². The molecule has 5 heteroatoms. The van der Waals surface area contributed by atoms with Crippen molar-refractivity contribution in [2.75, 3.05) is 36.4 Å². The van der Waals surface area contributed by atoms with Crippen molar-refractivity contribution >= 4 is 23.2 Å². The van der Waals surface area contributed by atoms with E-state index in [1.54, 1.807) is 0 Å². The number of benzene rings is 2. The molecule has 0 bridgehead atoms. The Kier molecular flexibility index (Phi) is 9.21. The van der Waals surface area contributed by atoms with E-state index >= 15 is 0 Å². The van der Waals surface area contributed by atoms with Crippen LogP contribution in [0.15, 0.2) is 48.5 Å². The summed E-state index contributed by atoms with van der Waals surface area (Å²) in [5, 5.41) is 3.04. The van der Waals surface area contributed by atoms with E-state index in [1.165, 1.54) is 12.0 Å². The fourth-order valence-corrected chi connectivity index (χ4v) is 5.41. The summed E-state index contributed by atoms with van der Waals surface area (Å²) in [7, 11) is 0. The summed E-state index contributed by atoms with van der Waals surface area (Å²) in [5.74, 6) is 0.814. The Labute approximate surface area is 210 Å². The lowest BCUT2D eigenvalue weighted by molar-refractivity contribution is -0.116. The largest absolute Gasteiger partial charge is 0.371 e. The molecule has 2 aromatic rings. The third kappa shape index (κ3) is 7.09. The first-order chi connectivity index (χ1) is 17.1. The van der Waals surface area contributed by atoms with Gasteiger partial charge in [-0.3, -0.25) is 9.59 Å². The van der Waals surface area contributed by atoms with Gasteiger partial charge in [0.2, 0.25) is 5.91 Å². The van der Waals surface area contributed by atoms with E-state index in [2.05, 4.69) is 53.5 Å². The minimum atomic E-state index is 0.0318. The van der Waals surface area contributed by atoms with Crippen LogP contribution in [-0.2, 0) is 11.2 Å². The topological polar surface area (TPSA) is 52.7 Å². The van der Waals surface area contributed by atoms with Crippen LogP contribution < -0.4 is 10.2 Å². The lowest BCUT2D eigenvalue weighted by atomic mass is 9.89. The molecule has 4 rings (SSSR count). The van der Waals surface area contributed by atoms with E-state index in [0.717, 1.165) is 94.5 Å². The molecular weight excluding hydrogens is 434 g/mol. The highest BCUT2D eigenvalue weighted by molar-refractivity contribution is 6.02. The lowest BCUT2D eigenvalue weighted by Crippen LogP contribution is -2.39. The molecule has 2 aromatic carbocycles. The third-order valence-electron chi connectivity index (χ3n) is 7.48. The summed E-state index contributed by atoms with van der Waals surface area (Å²) in [6, 6.07) is 16.7. The summed E-state index contributed by atoms with van der Waals surface area (Å²) in [4.78, 5) is 30.4. The summed E-state index contributed by atoms with van der Waals surface area (Å²) < 4.78 is 0. The molecule has 35 heavy (non-hydrogen) atoms. The zero-order chi connectivity index (χ0) is 24.5. The highest BCUT2D eigenvalue weighted by atomic mass is 16.2. The number of nitrogens with zero attached hydrogens (tertiary/aromatic N) is 2. The maximum absolute atomic E-state index is 13.6. The first-order valence-corrected chi connectivity index (χ1v) is 13.7. The zero-order valence-electron chi connectivity index (χ0n) is 21.3. The van der Waals surface area contributed by atoms with Gasteiger partial charge in [0, 0.05) is 44.0 Å². The monoisotopic (exact) mass is 475 g/mol. The maximum atomic E-state index is 13.6. The van der Waals surface area contributed by atoms with E-state index in [4.69, 9.17) is 0 Å². The molecule has 2 amide bonds. The maximum Gasteiger partial charge on any atom is 0.256 e. The number of hydrogen-bond acceptors (Lipinski definition) is 3. The first-order valence-electron chi connectivity index (χ1n) is 13.7. The Morgan fingerprint density at radius 1 is 0.914 bits per heavy atom. The standard InChI is InChI=1S/C30H41N3O2/c1-2-3-6-13-29(34)31-26-14-15-28(27(23-26)30(35)33-18-9-5-10-19-33)32-20-16-25(17-21-32)22-24-11-7-4-8-12-24/h4,7-8,11-12,14-15,23,25H,2-3,5-6,9-10,13,16-22H2,1H3,(H,31,34). The number of carbonyl (C=O) groups excluding carboxylic acids is 2. The number of nitrogens with one attached hydrogen (secondary N) is 1. The highest BCUT2D eigenvalue weighted by Gasteiger charge is 2.26. The first kappa shape index (κ1) is 25.3. The summed E-state index contributed by atoms with van der Waals surface area (Å²) >= 11 is 0. The molecule has 0 atom stereocenters. The van der Waals surface area contributed by atoms with Crippen molar-refractivity contribution in [1.29, 1.82) is 0 Å². The molecule has 2 fully saturated rings. The van der Waals surface area contributed by atoms with Gasteiger partial charge in [-0.25, -0.2) is 0 Å². The van der Waals surface area contributed by atoms with E-state index in [9.17, 15) is 9.59 Å². The van der Waals surface area contributed by atoms with Crippen LogP contribution in [0, 0.1) is 5.92 Å². The molecule has 2 heterocycles. The zero-order valence-corrected chi connectivity index (χ0v) is 21.3. The van der Waals surface area contributed by atoms with Crippen molar-refractivity contribution in [1.82, 2.24) is 4.90 Å². The molecule has 1 N–H and O–H groups in total. The Hall–Kier alpha value is -2.82. The van der Waals surface area contributed by atoms with Crippen molar-refractivity contribution in [3.05, 3.63) is 59.7 Å². The number of anilines is 2. The highest BCUT2D eigenvalue weighted by Crippen LogP contribution is 2.31. The number of unbranched alkanes of at least 4 members (excludes halogenated alkanes) is 2. The summed E-state index contributed by atoms with van der Waals surface area (Å²) in [6.07, 6.45) is 10.3. The molecule has 2 saturated heterocycles. The van der Waals surface area contributed by atoms with Crippen LogP contribution in [0.1, 0.15) is 80.6 Å². The van der Waals surface area contributed by atoms with Gasteiger partial charge < -0.3 is 15.1 Å². The van der Waals surface area contributed by atoms with Crippen LogP contribution in [0.3, 0.4) is 0 Å². The molecule has 2 aliphatic rings. The van der Waals surface area contributed by atoms with Crippen LogP contribution in [0.4, 0.5) is 11.4 Å². The number of hydrogen-bond donors (Lipinski definition) is 1. The van der Waals surface area contributed by atoms with Gasteiger partial charge in [0.15, 0.2) is 0 Å². The average molecular weight is 476 g/mol. The van der Waals surface area contributed by atoms with E-state index in [0.29, 0.717) is 12.3 Å². The minimum Gasteiger partial charge on any atom is -0.371 e. The number of piperidine rings is 2. The predicted molar refractivity (Wildman–Crippen MR) is 144 cm³/mol. The molecule has 188 valence electrons. The number of likely N-dealkylation sites (tertiary alicyclic amines) is 1. The quantitative estimate of drug-likeness (QED) is 0.434. The molecule has 0 aromatic heterocycles. The molecule has 0 spiro atoms. The molecule has 5 nitrogen and oxygen atoms in total. The number of carbonyl (C=O) groups is 2. The number of rotatable bonds is 9. The summed E-state index contributed by atoms with van der Waals surface area (Å²) in [6.45, 7) is 5.71. The van der Waals surface area contributed by atoms with Crippen LogP contribution in [-0.4, -0.2) is 42.9 Å². The van der Waals surface area contributed by atoms with Crippen molar-refractivity contribution in [3.8, 4) is 0 Å².